The molecule has 0 aliphatic heterocycles. The predicted molar refractivity (Wildman–Crippen MR) is 166 cm³/mol. The first-order valence-electron chi connectivity index (χ1n) is 13.7. The summed E-state index contributed by atoms with van der Waals surface area (Å²) in [6.45, 7) is 6.32. The van der Waals surface area contributed by atoms with Gasteiger partial charge in [-0.15, -0.1) is 0 Å². The van der Waals surface area contributed by atoms with Crippen LogP contribution in [0.2, 0.25) is 0 Å². The number of ether oxygens (including phenoxy) is 1. The molecule has 0 saturated heterocycles. The Labute approximate surface area is 246 Å². The number of carbonyl (C=O) groups is 2. The van der Waals surface area contributed by atoms with Gasteiger partial charge in [0.05, 0.1) is 0 Å². The van der Waals surface area contributed by atoms with Crippen LogP contribution in [0, 0.1) is 6.92 Å². The molecule has 0 spiro atoms. The number of benzene rings is 3. The second kappa shape index (κ2) is 13.7. The van der Waals surface area contributed by atoms with Crippen LogP contribution in [-0.2, 0) is 9.53 Å². The number of nitrogens with one attached hydrogen (secondary N) is 1. The van der Waals surface area contributed by atoms with Crippen molar-refractivity contribution >= 4 is 23.6 Å². The third-order valence-electron chi connectivity index (χ3n) is 7.22. The fourth-order valence-corrected chi connectivity index (χ4v) is 5.32. The Hall–Kier alpha value is -3.81. The van der Waals surface area contributed by atoms with Crippen molar-refractivity contribution in [3.8, 4) is 22.5 Å². The molecule has 0 aliphatic rings. The van der Waals surface area contributed by atoms with Crippen molar-refractivity contribution in [2.45, 2.75) is 45.3 Å². The van der Waals surface area contributed by atoms with Crippen LogP contribution in [0.3, 0.4) is 0 Å². The number of carbonyl (C=O) groups excluding carboxylic acids is 1. The minimum absolute atomic E-state index is 0.340. The lowest BCUT2D eigenvalue weighted by molar-refractivity contribution is -0.139. The van der Waals surface area contributed by atoms with E-state index in [4.69, 9.17) is 9.15 Å². The summed E-state index contributed by atoms with van der Waals surface area (Å²) >= 11 is 1.54. The molecule has 7 heteroatoms. The van der Waals surface area contributed by atoms with Crippen LogP contribution >= 0.6 is 11.8 Å². The molecular weight excluding hydrogens is 534 g/mol. The van der Waals surface area contributed by atoms with Crippen molar-refractivity contribution in [1.82, 2.24) is 5.32 Å². The molecule has 2 unspecified atom stereocenters. The van der Waals surface area contributed by atoms with Crippen molar-refractivity contribution < 1.29 is 23.8 Å². The lowest BCUT2D eigenvalue weighted by Gasteiger charge is -2.19. The van der Waals surface area contributed by atoms with Gasteiger partial charge in [-0.25, -0.2) is 4.79 Å². The molecule has 0 aliphatic carbocycles. The molecule has 1 aromatic heterocycles. The minimum Gasteiger partial charge on any atom is -0.480 e. The van der Waals surface area contributed by atoms with Crippen LogP contribution in [0.4, 0.5) is 0 Å². The van der Waals surface area contributed by atoms with Gasteiger partial charge in [-0.1, -0.05) is 68.4 Å². The summed E-state index contributed by atoms with van der Waals surface area (Å²) in [6, 6.07) is 24.6. The highest BCUT2D eigenvalue weighted by atomic mass is 32.2. The van der Waals surface area contributed by atoms with Crippen molar-refractivity contribution in [3.63, 3.8) is 0 Å². The lowest BCUT2D eigenvalue weighted by Crippen LogP contribution is -2.41. The summed E-state index contributed by atoms with van der Waals surface area (Å²) in [5.41, 5.74) is 6.05. The molecule has 0 fully saturated rings. The Bertz CT molecular complexity index is 1490. The molecule has 0 radical (unpaired) electrons. The highest BCUT2D eigenvalue weighted by molar-refractivity contribution is 7.98. The number of rotatable bonds is 12. The predicted octanol–water partition coefficient (Wildman–Crippen LogP) is 7.72. The summed E-state index contributed by atoms with van der Waals surface area (Å²) in [7, 11) is 1.63. The zero-order valence-corrected chi connectivity index (χ0v) is 25.0. The van der Waals surface area contributed by atoms with Crippen molar-refractivity contribution in [2.75, 3.05) is 19.1 Å². The minimum atomic E-state index is -1.05. The molecule has 4 aromatic rings. The van der Waals surface area contributed by atoms with E-state index in [0.717, 1.165) is 28.0 Å². The highest BCUT2D eigenvalue weighted by Crippen LogP contribution is 2.35. The van der Waals surface area contributed by atoms with Crippen LogP contribution in [0.15, 0.2) is 83.3 Å². The zero-order chi connectivity index (χ0) is 29.5. The quantitative estimate of drug-likeness (QED) is 0.181. The van der Waals surface area contributed by atoms with Gasteiger partial charge in [0.25, 0.3) is 5.91 Å². The van der Waals surface area contributed by atoms with Gasteiger partial charge < -0.3 is 19.6 Å². The van der Waals surface area contributed by atoms with E-state index < -0.39 is 24.0 Å². The van der Waals surface area contributed by atoms with Crippen molar-refractivity contribution in [1.29, 1.82) is 0 Å². The maximum atomic E-state index is 13.4. The Morgan fingerprint density at radius 1 is 0.951 bits per heavy atom. The van der Waals surface area contributed by atoms with E-state index in [9.17, 15) is 14.7 Å². The van der Waals surface area contributed by atoms with Crippen LogP contribution in [0.25, 0.3) is 22.5 Å². The van der Waals surface area contributed by atoms with E-state index in [0.29, 0.717) is 35.0 Å². The lowest BCUT2D eigenvalue weighted by atomic mass is 9.92. The van der Waals surface area contributed by atoms with E-state index >= 15 is 0 Å². The SMILES string of the molecule is COC(c1ccc(C(=O)NC(CCSC)C(=O)O)c(-c2ccccc2C)c1)c1ccc(-c2ccc(C(C)C)cc2)o1. The fraction of sp³-hybridized carbons (Fsp3) is 0.294. The largest absolute Gasteiger partial charge is 0.480 e. The third kappa shape index (κ3) is 7.10. The highest BCUT2D eigenvalue weighted by Gasteiger charge is 2.25. The van der Waals surface area contributed by atoms with Gasteiger partial charge in [-0.2, -0.15) is 11.8 Å². The molecule has 4 rings (SSSR count). The number of thioether (sulfide) groups is 1. The van der Waals surface area contributed by atoms with E-state index in [2.05, 4.69) is 43.4 Å². The summed E-state index contributed by atoms with van der Waals surface area (Å²) in [4.78, 5) is 25.3. The first kappa shape index (κ1) is 30.2. The number of aliphatic carboxylic acids is 1. The standard InChI is InChI=1S/C34H37NO5S/c1-21(2)23-10-12-24(13-11-23)30-16-17-31(40-30)32(39-4)25-14-15-27(28(20-25)26-9-7-6-8-22(26)3)33(36)35-29(34(37)38)18-19-41-5/h6-17,20-21,29,32H,18-19H2,1-5H3,(H,35,36)(H,37,38). The normalized spacial score (nSPS) is 12.7. The van der Waals surface area contributed by atoms with E-state index in [1.165, 1.54) is 5.56 Å². The van der Waals surface area contributed by atoms with Gasteiger partial charge >= 0.3 is 5.97 Å². The van der Waals surface area contributed by atoms with Crippen LogP contribution in [0.5, 0.6) is 0 Å². The average Bonchev–Trinajstić information content (AvgIpc) is 3.45. The molecule has 1 heterocycles. The Morgan fingerprint density at radius 3 is 2.29 bits per heavy atom. The number of methoxy groups -OCH3 is 1. The number of hydrogen-bond donors (Lipinski definition) is 2. The summed E-state index contributed by atoms with van der Waals surface area (Å²) in [5, 5.41) is 12.4. The molecule has 214 valence electrons. The summed E-state index contributed by atoms with van der Waals surface area (Å²) in [5.74, 6) is 0.995. The molecule has 0 saturated carbocycles. The Morgan fingerprint density at radius 2 is 1.66 bits per heavy atom. The molecule has 2 N–H and O–H groups in total. The van der Waals surface area contributed by atoms with Crippen LogP contribution < -0.4 is 5.32 Å². The fourth-order valence-electron chi connectivity index (χ4n) is 4.85. The molecule has 6 nitrogen and oxygen atoms in total. The van der Waals surface area contributed by atoms with Gasteiger partial charge in [0.2, 0.25) is 0 Å². The van der Waals surface area contributed by atoms with Crippen molar-refractivity contribution in [3.05, 3.63) is 107 Å². The smallest absolute Gasteiger partial charge is 0.326 e. The van der Waals surface area contributed by atoms with Gasteiger partial charge in [-0.05, 0) is 83.4 Å². The second-order valence-corrected chi connectivity index (χ2v) is 11.3. The maximum absolute atomic E-state index is 13.4. The first-order valence-corrected chi connectivity index (χ1v) is 15.1. The van der Waals surface area contributed by atoms with Gasteiger partial charge in [-0.3, -0.25) is 4.79 Å². The zero-order valence-electron chi connectivity index (χ0n) is 24.1. The van der Waals surface area contributed by atoms with Gasteiger partial charge in [0, 0.05) is 18.2 Å². The third-order valence-corrected chi connectivity index (χ3v) is 7.87. The molecule has 0 bridgehead atoms. The number of carboxylic acid groups (broad SMARTS) is 1. The first-order chi connectivity index (χ1) is 19.7. The number of carboxylic acids is 1. The maximum Gasteiger partial charge on any atom is 0.326 e. The monoisotopic (exact) mass is 571 g/mol. The van der Waals surface area contributed by atoms with Crippen molar-refractivity contribution in [2.24, 2.45) is 0 Å². The van der Waals surface area contributed by atoms with Gasteiger partial charge in [0.15, 0.2) is 0 Å². The summed E-state index contributed by atoms with van der Waals surface area (Å²) < 4.78 is 12.2. The molecule has 41 heavy (non-hydrogen) atoms. The van der Waals surface area contributed by atoms with E-state index in [-0.39, 0.29) is 0 Å². The Balaban J connectivity index is 1.70. The Kier molecular flexibility index (Phi) is 10.1. The number of hydrogen-bond acceptors (Lipinski definition) is 5. The van der Waals surface area contributed by atoms with Crippen LogP contribution in [0.1, 0.15) is 65.1 Å². The van der Waals surface area contributed by atoms with Crippen LogP contribution in [-0.4, -0.2) is 42.1 Å². The number of aryl methyl sites for hydroxylation is 1. The second-order valence-electron chi connectivity index (χ2n) is 10.4. The van der Waals surface area contributed by atoms with Gasteiger partial charge in [0.1, 0.15) is 23.7 Å². The molecule has 3 aromatic carbocycles. The average molecular weight is 572 g/mol. The van der Waals surface area contributed by atoms with E-state index in [1.54, 1.807) is 24.9 Å². The molecule has 2 atom stereocenters. The number of amides is 1. The topological polar surface area (TPSA) is 88.8 Å². The number of furan rings is 1. The molecule has 1 amide bonds. The summed E-state index contributed by atoms with van der Waals surface area (Å²) in [6.07, 6.45) is 1.74. The van der Waals surface area contributed by atoms with E-state index in [1.807, 2.05) is 61.7 Å². The molecular formula is C34H37NO5S.